The summed E-state index contributed by atoms with van der Waals surface area (Å²) in [6.07, 6.45) is 3.84. The van der Waals surface area contributed by atoms with Crippen LogP contribution in [0, 0.1) is 5.41 Å². The quantitative estimate of drug-likeness (QED) is 0.637. The average molecular weight is 255 g/mol. The van der Waals surface area contributed by atoms with Gasteiger partial charge in [-0.3, -0.25) is 10.3 Å². The lowest BCUT2D eigenvalue weighted by Gasteiger charge is -2.22. The standard InChI is InChI=1S/C11H21N5S/c1-11(2)4-3-6-16(7-5-11)8-9-14-15-10(13-12)17-9/h3-8,12H2,1-2H3,(H,13,15). The molecule has 0 spiro atoms. The van der Waals surface area contributed by atoms with E-state index < -0.39 is 0 Å². The molecule has 0 bridgehead atoms. The van der Waals surface area contributed by atoms with Crippen molar-refractivity contribution in [2.45, 2.75) is 39.7 Å². The minimum Gasteiger partial charge on any atom is -0.298 e. The number of likely N-dealkylation sites (tertiary alicyclic amines) is 1. The largest absolute Gasteiger partial charge is 0.298 e. The van der Waals surface area contributed by atoms with Crippen molar-refractivity contribution < 1.29 is 0 Å². The second kappa shape index (κ2) is 5.29. The number of rotatable bonds is 3. The van der Waals surface area contributed by atoms with Gasteiger partial charge in [-0.25, -0.2) is 5.84 Å². The molecule has 2 heterocycles. The summed E-state index contributed by atoms with van der Waals surface area (Å²) in [4.78, 5) is 2.47. The van der Waals surface area contributed by atoms with Gasteiger partial charge in [0.25, 0.3) is 0 Å². The molecule has 0 unspecified atom stereocenters. The summed E-state index contributed by atoms with van der Waals surface area (Å²) in [6.45, 7) is 7.93. The van der Waals surface area contributed by atoms with E-state index in [4.69, 9.17) is 5.84 Å². The second-order valence-corrected chi connectivity index (χ2v) is 6.50. The van der Waals surface area contributed by atoms with Gasteiger partial charge in [0, 0.05) is 0 Å². The van der Waals surface area contributed by atoms with Crippen LogP contribution in [0.3, 0.4) is 0 Å². The van der Waals surface area contributed by atoms with Crippen molar-refractivity contribution in [2.24, 2.45) is 11.3 Å². The molecule has 1 aliphatic heterocycles. The first-order chi connectivity index (χ1) is 8.09. The molecule has 1 aromatic heterocycles. The number of nitrogen functional groups attached to an aromatic ring is 1. The number of nitrogens with one attached hydrogen (secondary N) is 1. The van der Waals surface area contributed by atoms with E-state index >= 15 is 0 Å². The van der Waals surface area contributed by atoms with Crippen LogP contribution in [0.2, 0.25) is 0 Å². The van der Waals surface area contributed by atoms with Gasteiger partial charge in [-0.2, -0.15) is 0 Å². The zero-order valence-corrected chi connectivity index (χ0v) is 11.4. The van der Waals surface area contributed by atoms with Crippen LogP contribution in [0.15, 0.2) is 0 Å². The van der Waals surface area contributed by atoms with Crippen molar-refractivity contribution in [3.8, 4) is 0 Å². The lowest BCUT2D eigenvalue weighted by atomic mass is 9.85. The van der Waals surface area contributed by atoms with Gasteiger partial charge in [0.2, 0.25) is 5.13 Å². The first-order valence-electron chi connectivity index (χ1n) is 6.10. The minimum atomic E-state index is 0.486. The minimum absolute atomic E-state index is 0.486. The van der Waals surface area contributed by atoms with Crippen LogP contribution in [-0.2, 0) is 6.54 Å². The normalized spacial score (nSPS) is 21.1. The molecule has 5 nitrogen and oxygen atoms in total. The smallest absolute Gasteiger partial charge is 0.219 e. The number of hydrazine groups is 1. The molecule has 96 valence electrons. The molecular formula is C11H21N5S. The molecule has 1 saturated heterocycles. The van der Waals surface area contributed by atoms with Gasteiger partial charge in [0.15, 0.2) is 0 Å². The maximum Gasteiger partial charge on any atom is 0.219 e. The van der Waals surface area contributed by atoms with Crippen LogP contribution in [-0.4, -0.2) is 28.2 Å². The second-order valence-electron chi connectivity index (χ2n) is 5.44. The molecule has 0 radical (unpaired) electrons. The fourth-order valence-corrected chi connectivity index (χ4v) is 2.90. The van der Waals surface area contributed by atoms with Crippen LogP contribution >= 0.6 is 11.3 Å². The van der Waals surface area contributed by atoms with Crippen molar-refractivity contribution in [3.63, 3.8) is 0 Å². The summed E-state index contributed by atoms with van der Waals surface area (Å²) >= 11 is 1.53. The lowest BCUT2D eigenvalue weighted by Crippen LogP contribution is -2.25. The Morgan fingerprint density at radius 2 is 2.18 bits per heavy atom. The highest BCUT2D eigenvalue weighted by Gasteiger charge is 2.23. The van der Waals surface area contributed by atoms with Gasteiger partial charge in [-0.15, -0.1) is 10.2 Å². The van der Waals surface area contributed by atoms with Gasteiger partial charge >= 0.3 is 0 Å². The highest BCUT2D eigenvalue weighted by Crippen LogP contribution is 2.30. The molecule has 17 heavy (non-hydrogen) atoms. The van der Waals surface area contributed by atoms with Crippen LogP contribution in [0.5, 0.6) is 0 Å². The van der Waals surface area contributed by atoms with Crippen LogP contribution < -0.4 is 11.3 Å². The van der Waals surface area contributed by atoms with Crippen LogP contribution in [0.4, 0.5) is 5.13 Å². The van der Waals surface area contributed by atoms with Crippen molar-refractivity contribution in [1.29, 1.82) is 0 Å². The first-order valence-corrected chi connectivity index (χ1v) is 6.92. The molecular weight excluding hydrogens is 234 g/mol. The Balaban J connectivity index is 1.90. The highest BCUT2D eigenvalue weighted by molar-refractivity contribution is 7.15. The Kier molecular flexibility index (Phi) is 3.96. The molecule has 3 N–H and O–H groups in total. The summed E-state index contributed by atoms with van der Waals surface area (Å²) < 4.78 is 0. The summed E-state index contributed by atoms with van der Waals surface area (Å²) in [5.41, 5.74) is 3.02. The van der Waals surface area contributed by atoms with E-state index in [-0.39, 0.29) is 0 Å². The van der Waals surface area contributed by atoms with Gasteiger partial charge in [0.1, 0.15) is 5.01 Å². The fourth-order valence-electron chi connectivity index (χ4n) is 2.20. The predicted molar refractivity (Wildman–Crippen MR) is 70.6 cm³/mol. The van der Waals surface area contributed by atoms with E-state index in [1.54, 1.807) is 0 Å². The molecule has 6 heteroatoms. The molecule has 0 aliphatic carbocycles. The van der Waals surface area contributed by atoms with E-state index in [9.17, 15) is 0 Å². The van der Waals surface area contributed by atoms with E-state index in [1.807, 2.05) is 0 Å². The van der Waals surface area contributed by atoms with Crippen molar-refractivity contribution in [3.05, 3.63) is 5.01 Å². The van der Waals surface area contributed by atoms with Crippen molar-refractivity contribution in [2.75, 3.05) is 18.5 Å². The molecule has 0 amide bonds. The number of nitrogens with zero attached hydrogens (tertiary/aromatic N) is 3. The third kappa shape index (κ3) is 3.62. The molecule has 0 atom stereocenters. The van der Waals surface area contributed by atoms with Gasteiger partial charge in [0.05, 0.1) is 6.54 Å². The zero-order chi connectivity index (χ0) is 12.3. The third-order valence-corrected chi connectivity index (χ3v) is 4.22. The fraction of sp³-hybridized carbons (Fsp3) is 0.818. The summed E-state index contributed by atoms with van der Waals surface area (Å²) in [5.74, 6) is 5.30. The van der Waals surface area contributed by atoms with Gasteiger partial charge in [-0.05, 0) is 37.8 Å². The van der Waals surface area contributed by atoms with E-state index in [1.165, 1.54) is 30.6 Å². The number of anilines is 1. The molecule has 2 rings (SSSR count). The Bertz CT molecular complexity index is 362. The molecule has 0 saturated carbocycles. The van der Waals surface area contributed by atoms with Gasteiger partial charge < -0.3 is 0 Å². The van der Waals surface area contributed by atoms with Crippen LogP contribution in [0.1, 0.15) is 38.1 Å². The monoisotopic (exact) mass is 255 g/mol. The zero-order valence-electron chi connectivity index (χ0n) is 10.6. The van der Waals surface area contributed by atoms with Gasteiger partial charge in [-0.1, -0.05) is 25.2 Å². The molecule has 1 aromatic rings. The molecule has 1 aliphatic rings. The third-order valence-electron chi connectivity index (χ3n) is 3.38. The number of aromatic nitrogens is 2. The SMILES string of the molecule is CC1(C)CCCN(Cc2nnc(NN)s2)CC1. The molecule has 1 fully saturated rings. The number of nitrogens with two attached hydrogens (primary N) is 1. The van der Waals surface area contributed by atoms with E-state index in [2.05, 4.69) is 34.4 Å². The average Bonchev–Trinajstić information content (AvgIpc) is 2.66. The van der Waals surface area contributed by atoms with Crippen molar-refractivity contribution >= 4 is 16.5 Å². The number of hydrogen-bond acceptors (Lipinski definition) is 6. The van der Waals surface area contributed by atoms with Crippen LogP contribution in [0.25, 0.3) is 0 Å². The predicted octanol–water partition coefficient (Wildman–Crippen LogP) is 1.84. The first kappa shape index (κ1) is 12.7. The Morgan fingerprint density at radius 3 is 2.88 bits per heavy atom. The maximum absolute atomic E-state index is 5.30. The Labute approximate surface area is 106 Å². The maximum atomic E-state index is 5.30. The molecule has 0 aromatic carbocycles. The lowest BCUT2D eigenvalue weighted by molar-refractivity contribution is 0.255. The topological polar surface area (TPSA) is 67.1 Å². The van der Waals surface area contributed by atoms with E-state index in [0.29, 0.717) is 10.5 Å². The highest BCUT2D eigenvalue weighted by atomic mass is 32.1. The van der Waals surface area contributed by atoms with E-state index in [0.717, 1.165) is 24.6 Å². The van der Waals surface area contributed by atoms with Crippen molar-refractivity contribution in [1.82, 2.24) is 15.1 Å². The summed E-state index contributed by atoms with van der Waals surface area (Å²) in [5, 5.41) is 9.82. The Morgan fingerprint density at radius 1 is 1.35 bits per heavy atom. The summed E-state index contributed by atoms with van der Waals surface area (Å²) in [7, 11) is 0. The summed E-state index contributed by atoms with van der Waals surface area (Å²) in [6, 6.07) is 0. The number of hydrogen-bond donors (Lipinski definition) is 2. The Hall–Kier alpha value is -0.720.